The third kappa shape index (κ3) is 3.20. The highest BCUT2D eigenvalue weighted by Gasteiger charge is 2.08. The fourth-order valence-electron chi connectivity index (χ4n) is 1.78. The summed E-state index contributed by atoms with van der Waals surface area (Å²) in [6.07, 6.45) is 1.07. The summed E-state index contributed by atoms with van der Waals surface area (Å²) in [5.74, 6) is 0.663. The van der Waals surface area contributed by atoms with E-state index in [0.29, 0.717) is 5.92 Å². The molecule has 1 rings (SSSR count). The van der Waals surface area contributed by atoms with Crippen molar-refractivity contribution in [3.05, 3.63) is 39.9 Å². The highest BCUT2D eigenvalue weighted by atomic mass is 79.9. The Bertz CT molecular complexity index is 375. The molecule has 0 aliphatic carbocycles. The van der Waals surface area contributed by atoms with Gasteiger partial charge in [-0.05, 0) is 54.5 Å². The lowest BCUT2D eigenvalue weighted by molar-refractivity contribution is 0.674. The molecule has 0 aliphatic heterocycles. The summed E-state index contributed by atoms with van der Waals surface area (Å²) in [6, 6.07) is 4.38. The molecule has 0 radical (unpaired) electrons. The van der Waals surface area contributed by atoms with Crippen LogP contribution < -0.4 is 0 Å². The first kappa shape index (κ1) is 12.5. The molecule has 0 aromatic heterocycles. The van der Waals surface area contributed by atoms with Gasteiger partial charge >= 0.3 is 0 Å². The van der Waals surface area contributed by atoms with Crippen LogP contribution in [0, 0.1) is 19.8 Å². The minimum absolute atomic E-state index is 0.663. The molecular formula is C14H19Br. The second kappa shape index (κ2) is 4.98. The van der Waals surface area contributed by atoms with Crippen LogP contribution in [0.1, 0.15) is 37.0 Å². The van der Waals surface area contributed by atoms with Crippen molar-refractivity contribution in [1.82, 2.24) is 0 Å². The van der Waals surface area contributed by atoms with Gasteiger partial charge in [0.05, 0.1) is 0 Å². The van der Waals surface area contributed by atoms with Gasteiger partial charge in [-0.2, -0.15) is 0 Å². The number of aryl methyl sites for hydroxylation is 1. The zero-order chi connectivity index (χ0) is 11.6. The molecule has 0 bridgehead atoms. The van der Waals surface area contributed by atoms with Crippen molar-refractivity contribution >= 4 is 21.5 Å². The van der Waals surface area contributed by atoms with Crippen molar-refractivity contribution in [3.63, 3.8) is 0 Å². The van der Waals surface area contributed by atoms with E-state index in [0.717, 1.165) is 6.42 Å². The van der Waals surface area contributed by atoms with Crippen molar-refractivity contribution in [1.29, 1.82) is 0 Å². The van der Waals surface area contributed by atoms with Gasteiger partial charge in [-0.25, -0.2) is 0 Å². The van der Waals surface area contributed by atoms with E-state index in [2.05, 4.69) is 62.3 Å². The first-order valence-corrected chi connectivity index (χ1v) is 6.16. The van der Waals surface area contributed by atoms with Crippen molar-refractivity contribution in [2.45, 2.75) is 34.1 Å². The Labute approximate surface area is 102 Å². The van der Waals surface area contributed by atoms with Crippen LogP contribution in [0.15, 0.2) is 23.2 Å². The van der Waals surface area contributed by atoms with Gasteiger partial charge in [0.1, 0.15) is 0 Å². The zero-order valence-corrected chi connectivity index (χ0v) is 11.6. The Hall–Kier alpha value is -0.560. The van der Waals surface area contributed by atoms with Crippen molar-refractivity contribution in [2.75, 3.05) is 0 Å². The van der Waals surface area contributed by atoms with Gasteiger partial charge in [0.15, 0.2) is 0 Å². The quantitative estimate of drug-likeness (QED) is 0.712. The van der Waals surface area contributed by atoms with E-state index in [9.17, 15) is 0 Å². The van der Waals surface area contributed by atoms with Crippen LogP contribution in [0.2, 0.25) is 0 Å². The molecule has 0 aliphatic rings. The minimum atomic E-state index is 0.663. The summed E-state index contributed by atoms with van der Waals surface area (Å²) < 4.78 is 1.18. The molecule has 0 heterocycles. The third-order valence-corrected chi connectivity index (χ3v) is 3.35. The molecular weight excluding hydrogens is 248 g/mol. The molecule has 0 saturated heterocycles. The number of rotatable bonds is 3. The number of halogens is 1. The highest BCUT2D eigenvalue weighted by Crippen LogP contribution is 2.29. The second-order valence-electron chi connectivity index (χ2n) is 4.62. The van der Waals surface area contributed by atoms with E-state index >= 15 is 0 Å². The van der Waals surface area contributed by atoms with Crippen LogP contribution in [0.25, 0.3) is 5.57 Å². The standard InChI is InChI=1S/C14H19Br/c1-9(2)6-11(4)13-7-10(3)8-14(15)12(13)5/h7-9H,4,6H2,1-3,5H3. The third-order valence-electron chi connectivity index (χ3n) is 2.52. The van der Waals surface area contributed by atoms with Crippen LogP contribution in [-0.2, 0) is 0 Å². The topological polar surface area (TPSA) is 0 Å². The predicted octanol–water partition coefficient (Wildman–Crippen LogP) is 5.13. The molecule has 0 atom stereocenters. The molecule has 0 nitrogen and oxygen atoms in total. The lowest BCUT2D eigenvalue weighted by atomic mass is 9.93. The first-order valence-electron chi connectivity index (χ1n) is 5.36. The number of allylic oxidation sites excluding steroid dienone is 1. The normalized spacial score (nSPS) is 10.8. The Kier molecular flexibility index (Phi) is 4.15. The van der Waals surface area contributed by atoms with Gasteiger partial charge in [-0.3, -0.25) is 0 Å². The maximum absolute atomic E-state index is 4.19. The molecule has 15 heavy (non-hydrogen) atoms. The van der Waals surface area contributed by atoms with Gasteiger partial charge in [0, 0.05) is 4.47 Å². The molecule has 1 aromatic rings. The maximum Gasteiger partial charge on any atom is 0.0213 e. The first-order chi connectivity index (χ1) is 6.91. The average Bonchev–Trinajstić information content (AvgIpc) is 2.09. The molecule has 0 amide bonds. The van der Waals surface area contributed by atoms with Crippen molar-refractivity contribution in [3.8, 4) is 0 Å². The Balaban J connectivity index is 3.08. The summed E-state index contributed by atoms with van der Waals surface area (Å²) >= 11 is 3.59. The largest absolute Gasteiger partial charge is 0.0952 e. The molecule has 0 spiro atoms. The molecule has 1 aromatic carbocycles. The number of hydrogen-bond acceptors (Lipinski definition) is 0. The Morgan fingerprint density at radius 1 is 1.33 bits per heavy atom. The summed E-state index contributed by atoms with van der Waals surface area (Å²) in [7, 11) is 0. The zero-order valence-electron chi connectivity index (χ0n) is 10.0. The lowest BCUT2D eigenvalue weighted by Gasteiger charge is -2.14. The van der Waals surface area contributed by atoms with E-state index in [-0.39, 0.29) is 0 Å². The van der Waals surface area contributed by atoms with Gasteiger partial charge < -0.3 is 0 Å². The fourth-order valence-corrected chi connectivity index (χ4v) is 2.36. The predicted molar refractivity (Wildman–Crippen MR) is 72.1 cm³/mol. The summed E-state index contributed by atoms with van der Waals surface area (Å²) in [4.78, 5) is 0. The van der Waals surface area contributed by atoms with Crippen LogP contribution >= 0.6 is 15.9 Å². The Morgan fingerprint density at radius 3 is 2.47 bits per heavy atom. The van der Waals surface area contributed by atoms with E-state index in [1.165, 1.54) is 26.7 Å². The highest BCUT2D eigenvalue weighted by molar-refractivity contribution is 9.10. The summed E-state index contributed by atoms with van der Waals surface area (Å²) in [6.45, 7) is 12.9. The van der Waals surface area contributed by atoms with Gasteiger partial charge in [-0.15, -0.1) is 0 Å². The van der Waals surface area contributed by atoms with Crippen LogP contribution in [-0.4, -0.2) is 0 Å². The second-order valence-corrected chi connectivity index (χ2v) is 5.48. The van der Waals surface area contributed by atoms with Gasteiger partial charge in [0.2, 0.25) is 0 Å². The smallest absolute Gasteiger partial charge is 0.0213 e. The molecule has 0 fully saturated rings. The van der Waals surface area contributed by atoms with Crippen molar-refractivity contribution < 1.29 is 0 Å². The molecule has 0 N–H and O–H groups in total. The summed E-state index contributed by atoms with van der Waals surface area (Å²) in [5.41, 5.74) is 5.13. The summed E-state index contributed by atoms with van der Waals surface area (Å²) in [5, 5.41) is 0. The Morgan fingerprint density at radius 2 is 1.93 bits per heavy atom. The van der Waals surface area contributed by atoms with E-state index < -0.39 is 0 Å². The van der Waals surface area contributed by atoms with E-state index in [1.54, 1.807) is 0 Å². The molecule has 1 heteroatoms. The maximum atomic E-state index is 4.19. The van der Waals surface area contributed by atoms with Gasteiger partial charge in [-0.1, -0.05) is 42.4 Å². The van der Waals surface area contributed by atoms with Crippen molar-refractivity contribution in [2.24, 2.45) is 5.92 Å². The average molecular weight is 267 g/mol. The van der Waals surface area contributed by atoms with Crippen LogP contribution in [0.4, 0.5) is 0 Å². The van der Waals surface area contributed by atoms with Crippen LogP contribution in [0.3, 0.4) is 0 Å². The lowest BCUT2D eigenvalue weighted by Crippen LogP contribution is -1.95. The minimum Gasteiger partial charge on any atom is -0.0952 e. The molecule has 0 saturated carbocycles. The monoisotopic (exact) mass is 266 g/mol. The SMILES string of the molecule is C=C(CC(C)C)c1cc(C)cc(Br)c1C. The molecule has 0 unspecified atom stereocenters. The van der Waals surface area contributed by atoms with E-state index in [4.69, 9.17) is 0 Å². The number of benzene rings is 1. The number of hydrogen-bond donors (Lipinski definition) is 0. The van der Waals surface area contributed by atoms with Gasteiger partial charge in [0.25, 0.3) is 0 Å². The molecule has 82 valence electrons. The fraction of sp³-hybridized carbons (Fsp3) is 0.429. The van der Waals surface area contributed by atoms with E-state index in [1.807, 2.05) is 0 Å². The van der Waals surface area contributed by atoms with Crippen LogP contribution in [0.5, 0.6) is 0 Å².